The minimum absolute atomic E-state index is 0.0579. The number of rotatable bonds is 3. The molecule has 0 saturated carbocycles. The molecule has 0 radical (unpaired) electrons. The lowest BCUT2D eigenvalue weighted by atomic mass is 10.1. The molecule has 0 saturated heterocycles. The van der Waals surface area contributed by atoms with E-state index in [0.717, 1.165) is 5.56 Å². The number of aromatic carboxylic acids is 1. The van der Waals surface area contributed by atoms with Crippen LogP contribution in [0, 0.1) is 17.0 Å². The van der Waals surface area contributed by atoms with Gasteiger partial charge in [-0.2, -0.15) is 8.42 Å². The van der Waals surface area contributed by atoms with Crippen LogP contribution in [0.25, 0.3) is 10.9 Å². The molecule has 27 heavy (non-hydrogen) atoms. The first kappa shape index (κ1) is 19.9. The molecule has 0 aliphatic rings. The molecule has 1 heterocycles. The first-order valence-electron chi connectivity index (χ1n) is 7.41. The highest BCUT2D eigenvalue weighted by molar-refractivity contribution is 7.85. The predicted molar refractivity (Wildman–Crippen MR) is 96.4 cm³/mol. The molecule has 0 amide bonds. The van der Waals surface area contributed by atoms with Crippen molar-refractivity contribution in [1.29, 1.82) is 0 Å². The van der Waals surface area contributed by atoms with Crippen LogP contribution in [0.15, 0.2) is 59.6 Å². The number of benzene rings is 2. The van der Waals surface area contributed by atoms with Crippen LogP contribution < -0.4 is 0 Å². The number of carboxylic acid groups (broad SMARTS) is 1. The molecule has 0 aliphatic carbocycles. The van der Waals surface area contributed by atoms with Gasteiger partial charge in [0.05, 0.1) is 26.3 Å². The SMILES string of the molecule is Cc1ccc(S(=O)(=O)O)cc1.O=C(O)c1ccnc2cccc([N+](=O)[O-])c12. The molecule has 3 rings (SSSR count). The van der Waals surface area contributed by atoms with Crippen molar-refractivity contribution in [2.24, 2.45) is 0 Å². The van der Waals surface area contributed by atoms with Gasteiger partial charge in [-0.25, -0.2) is 4.79 Å². The minimum atomic E-state index is -4.02. The second-order valence-corrected chi connectivity index (χ2v) is 6.80. The lowest BCUT2D eigenvalue weighted by Crippen LogP contribution is -2.01. The van der Waals surface area contributed by atoms with Crippen molar-refractivity contribution in [3.05, 3.63) is 76.0 Å². The van der Waals surface area contributed by atoms with E-state index in [0.29, 0.717) is 5.52 Å². The van der Waals surface area contributed by atoms with Gasteiger partial charge in [-0.1, -0.05) is 23.8 Å². The van der Waals surface area contributed by atoms with Gasteiger partial charge in [0, 0.05) is 12.3 Å². The molecule has 0 bridgehead atoms. The Hall–Kier alpha value is -3.37. The fourth-order valence-corrected chi connectivity index (χ4v) is 2.71. The van der Waals surface area contributed by atoms with Gasteiger partial charge in [0.2, 0.25) is 0 Å². The summed E-state index contributed by atoms with van der Waals surface area (Å²) in [5, 5.41) is 19.8. The topological polar surface area (TPSA) is 148 Å². The Morgan fingerprint density at radius 2 is 1.74 bits per heavy atom. The molecule has 9 nitrogen and oxygen atoms in total. The molecule has 0 unspecified atom stereocenters. The van der Waals surface area contributed by atoms with Gasteiger partial charge in [0.25, 0.3) is 15.8 Å². The fourth-order valence-electron chi connectivity index (χ4n) is 2.23. The van der Waals surface area contributed by atoms with Crippen LogP contribution >= 0.6 is 0 Å². The number of non-ortho nitro benzene ring substituents is 1. The van der Waals surface area contributed by atoms with Gasteiger partial charge in [0.15, 0.2) is 0 Å². The first-order chi connectivity index (χ1) is 12.6. The summed E-state index contributed by atoms with van der Waals surface area (Å²) < 4.78 is 29.6. The van der Waals surface area contributed by atoms with E-state index < -0.39 is 21.0 Å². The number of hydrogen-bond donors (Lipinski definition) is 2. The zero-order valence-corrected chi connectivity index (χ0v) is 14.8. The van der Waals surface area contributed by atoms with E-state index in [4.69, 9.17) is 9.66 Å². The van der Waals surface area contributed by atoms with Crippen LogP contribution in [-0.2, 0) is 10.1 Å². The highest BCUT2D eigenvalue weighted by Crippen LogP contribution is 2.27. The predicted octanol–water partition coefficient (Wildman–Crippen LogP) is 3.08. The van der Waals surface area contributed by atoms with Crippen molar-refractivity contribution in [1.82, 2.24) is 4.98 Å². The maximum absolute atomic E-state index is 10.9. The number of nitro benzene ring substituents is 1. The Kier molecular flexibility index (Phi) is 5.83. The highest BCUT2D eigenvalue weighted by Gasteiger charge is 2.18. The van der Waals surface area contributed by atoms with Crippen molar-refractivity contribution in [2.45, 2.75) is 11.8 Å². The molecule has 0 aliphatic heterocycles. The van der Waals surface area contributed by atoms with E-state index in [1.54, 1.807) is 12.1 Å². The van der Waals surface area contributed by atoms with Crippen molar-refractivity contribution in [3.8, 4) is 0 Å². The molecular formula is C17H14N2O7S. The summed E-state index contributed by atoms with van der Waals surface area (Å²) in [5.41, 5.74) is 0.895. The molecule has 3 aromatic rings. The van der Waals surface area contributed by atoms with Crippen LogP contribution in [0.2, 0.25) is 0 Å². The van der Waals surface area contributed by atoms with E-state index in [1.165, 1.54) is 42.6 Å². The molecular weight excluding hydrogens is 376 g/mol. The largest absolute Gasteiger partial charge is 0.478 e. The maximum Gasteiger partial charge on any atom is 0.336 e. The number of fused-ring (bicyclic) bond motifs is 1. The average molecular weight is 390 g/mol. The number of hydrogen-bond acceptors (Lipinski definition) is 6. The minimum Gasteiger partial charge on any atom is -0.478 e. The normalized spacial score (nSPS) is 10.7. The summed E-state index contributed by atoms with van der Waals surface area (Å²) in [6.07, 6.45) is 1.31. The van der Waals surface area contributed by atoms with Crippen LogP contribution in [-0.4, -0.2) is 34.0 Å². The number of aromatic nitrogens is 1. The number of pyridine rings is 1. The zero-order chi connectivity index (χ0) is 20.2. The van der Waals surface area contributed by atoms with Gasteiger partial charge in [-0.05, 0) is 31.2 Å². The molecule has 1 aromatic heterocycles. The summed E-state index contributed by atoms with van der Waals surface area (Å²) in [7, 11) is -4.02. The van der Waals surface area contributed by atoms with Gasteiger partial charge < -0.3 is 5.11 Å². The molecule has 2 N–H and O–H groups in total. The number of nitro groups is 1. The fraction of sp³-hybridized carbons (Fsp3) is 0.0588. The quantitative estimate of drug-likeness (QED) is 0.394. The number of aryl methyl sites for hydroxylation is 1. The van der Waals surface area contributed by atoms with Crippen LogP contribution in [0.4, 0.5) is 5.69 Å². The van der Waals surface area contributed by atoms with Gasteiger partial charge >= 0.3 is 5.97 Å². The number of carboxylic acids is 1. The number of carbonyl (C=O) groups is 1. The van der Waals surface area contributed by atoms with Gasteiger partial charge in [0.1, 0.15) is 0 Å². The van der Waals surface area contributed by atoms with Crippen molar-refractivity contribution in [3.63, 3.8) is 0 Å². The Morgan fingerprint density at radius 1 is 1.11 bits per heavy atom. The third-order valence-electron chi connectivity index (χ3n) is 3.49. The first-order valence-corrected chi connectivity index (χ1v) is 8.85. The second-order valence-electron chi connectivity index (χ2n) is 5.38. The molecule has 10 heteroatoms. The molecule has 0 atom stereocenters. The standard InChI is InChI=1S/C10H6N2O4.C7H8O3S/c13-10(14)6-4-5-11-7-2-1-3-8(9(6)7)12(15)16;1-6-2-4-7(5-3-6)11(8,9)10/h1-5H,(H,13,14);2-5H,1H3,(H,8,9,10). The van der Waals surface area contributed by atoms with Gasteiger partial charge in [-0.15, -0.1) is 0 Å². The molecule has 0 spiro atoms. The molecule has 140 valence electrons. The lowest BCUT2D eigenvalue weighted by molar-refractivity contribution is -0.383. The summed E-state index contributed by atoms with van der Waals surface area (Å²) in [6, 6.07) is 11.5. The van der Waals surface area contributed by atoms with E-state index in [2.05, 4.69) is 4.98 Å². The van der Waals surface area contributed by atoms with Crippen LogP contribution in [0.3, 0.4) is 0 Å². The third-order valence-corrected chi connectivity index (χ3v) is 4.36. The van der Waals surface area contributed by atoms with E-state index >= 15 is 0 Å². The van der Waals surface area contributed by atoms with Crippen molar-refractivity contribution >= 4 is 32.7 Å². The summed E-state index contributed by atoms with van der Waals surface area (Å²) in [6.45, 7) is 1.84. The summed E-state index contributed by atoms with van der Waals surface area (Å²) >= 11 is 0. The van der Waals surface area contributed by atoms with Crippen molar-refractivity contribution in [2.75, 3.05) is 0 Å². The van der Waals surface area contributed by atoms with Crippen LogP contribution in [0.5, 0.6) is 0 Å². The van der Waals surface area contributed by atoms with E-state index in [-0.39, 0.29) is 21.5 Å². The smallest absolute Gasteiger partial charge is 0.336 e. The second kappa shape index (κ2) is 7.89. The Morgan fingerprint density at radius 3 is 2.26 bits per heavy atom. The van der Waals surface area contributed by atoms with Gasteiger partial charge in [-0.3, -0.25) is 19.7 Å². The monoisotopic (exact) mass is 390 g/mol. The van der Waals surface area contributed by atoms with E-state index in [9.17, 15) is 23.3 Å². The number of nitrogens with zero attached hydrogens (tertiary/aromatic N) is 2. The highest BCUT2D eigenvalue weighted by atomic mass is 32.2. The summed E-state index contributed by atoms with van der Waals surface area (Å²) in [5.74, 6) is -1.21. The summed E-state index contributed by atoms with van der Waals surface area (Å²) in [4.78, 5) is 24.9. The maximum atomic E-state index is 10.9. The van der Waals surface area contributed by atoms with E-state index in [1.807, 2.05) is 6.92 Å². The molecule has 0 fully saturated rings. The third kappa shape index (κ3) is 4.84. The van der Waals surface area contributed by atoms with Crippen LogP contribution in [0.1, 0.15) is 15.9 Å². The zero-order valence-electron chi connectivity index (χ0n) is 13.9. The molecule has 2 aromatic carbocycles. The average Bonchev–Trinajstić information content (AvgIpc) is 2.60. The van der Waals surface area contributed by atoms with Crippen molar-refractivity contribution < 1.29 is 27.8 Å². The Bertz CT molecular complexity index is 1060. The Labute approximate surface area is 153 Å². The lowest BCUT2D eigenvalue weighted by Gasteiger charge is -2.01. The Balaban J connectivity index is 0.000000208.